The van der Waals surface area contributed by atoms with Gasteiger partial charge in [0.1, 0.15) is 0 Å². The van der Waals surface area contributed by atoms with Crippen LogP contribution in [-0.4, -0.2) is 98.0 Å². The number of benzene rings is 1. The Morgan fingerprint density at radius 2 is 0.484 bits per heavy atom. The largest absolute Gasteiger partial charge is 1.00 e. The Bertz CT molecular complexity index is 800. The van der Waals surface area contributed by atoms with Crippen molar-refractivity contribution in [2.24, 2.45) is 0 Å². The van der Waals surface area contributed by atoms with Crippen LogP contribution in [0.4, 0.5) is 0 Å². The first-order valence-corrected chi connectivity index (χ1v) is 26.8. The van der Waals surface area contributed by atoms with E-state index in [4.69, 9.17) is 0 Å². The van der Waals surface area contributed by atoms with Crippen molar-refractivity contribution in [3.63, 3.8) is 0 Å². The summed E-state index contributed by atoms with van der Waals surface area (Å²) in [6.45, 7) is 45.1. The van der Waals surface area contributed by atoms with Crippen LogP contribution in [0.3, 0.4) is 0 Å². The molecule has 0 radical (unpaired) electrons. The van der Waals surface area contributed by atoms with Gasteiger partial charge in [-0.3, -0.25) is 0 Å². The highest BCUT2D eigenvalue weighted by atomic mass is 79.9. The SMILES string of the molecule is CCCC[N+](CCCC)(CCCC)CCCC.CCCC[N+](CCCC)(CCCC)CCCC.CCCC[N+](CCCC)(CCCC)CCCC.O=C([O-])c1ccccc1.[Br-].[Cl-]. The Morgan fingerprint density at radius 1 is 0.339 bits per heavy atom. The lowest BCUT2D eigenvalue weighted by Gasteiger charge is -2.39. The minimum Gasteiger partial charge on any atom is -1.00 e. The number of quaternary nitrogens is 3. The van der Waals surface area contributed by atoms with E-state index in [-0.39, 0.29) is 35.0 Å². The van der Waals surface area contributed by atoms with Gasteiger partial charge in [0.15, 0.2) is 0 Å². The van der Waals surface area contributed by atoms with E-state index in [1.54, 1.807) is 18.2 Å². The molecule has 5 nitrogen and oxygen atoms in total. The molecule has 62 heavy (non-hydrogen) atoms. The quantitative estimate of drug-likeness (QED) is 0.0626. The molecule has 0 amide bonds. The molecular formula is C55H113BrClN3O2. The van der Waals surface area contributed by atoms with Crippen LogP contribution in [0.15, 0.2) is 30.3 Å². The predicted octanol–water partition coefficient (Wildman–Crippen LogP) is 9.07. The molecule has 0 aliphatic carbocycles. The second-order valence-electron chi connectivity index (χ2n) is 18.6. The number of halogens is 2. The highest BCUT2D eigenvalue weighted by Crippen LogP contribution is 2.19. The maximum Gasteiger partial charge on any atom is 0.0786 e. The standard InChI is InChI=1S/3C16H36N.C7H6O2.BrH.ClH/c3*1-5-9-13-17(14-10-6-2,15-11-7-3)16-12-8-4;8-7(9)6-4-2-1-3-5-6;;/h3*5-16H2,1-4H3;1-5H,(H,8,9);2*1H/q3*+1;;;/p-3. The summed E-state index contributed by atoms with van der Waals surface area (Å²) in [5, 5.41) is 10.1. The van der Waals surface area contributed by atoms with Crippen molar-refractivity contribution in [3.8, 4) is 0 Å². The van der Waals surface area contributed by atoms with E-state index in [0.717, 1.165) is 0 Å². The van der Waals surface area contributed by atoms with Crippen LogP contribution >= 0.6 is 0 Å². The van der Waals surface area contributed by atoms with Gasteiger partial charge in [0.05, 0.1) is 84.5 Å². The maximum atomic E-state index is 10.1. The third-order valence-electron chi connectivity index (χ3n) is 12.8. The number of hydrogen-bond donors (Lipinski definition) is 0. The molecule has 1 aromatic carbocycles. The summed E-state index contributed by atoms with van der Waals surface area (Å²) in [6, 6.07) is 8.06. The zero-order valence-electron chi connectivity index (χ0n) is 44.3. The van der Waals surface area contributed by atoms with E-state index >= 15 is 0 Å². The lowest BCUT2D eigenvalue weighted by atomic mass is 10.1. The molecule has 0 N–H and O–H groups in total. The maximum absolute atomic E-state index is 10.1. The number of rotatable bonds is 37. The van der Waals surface area contributed by atoms with Crippen LogP contribution in [0.25, 0.3) is 0 Å². The topological polar surface area (TPSA) is 40.1 Å². The Balaban J connectivity index is -0.000000235. The van der Waals surface area contributed by atoms with Gasteiger partial charge in [0.25, 0.3) is 0 Å². The molecule has 1 aromatic rings. The van der Waals surface area contributed by atoms with Gasteiger partial charge in [-0.15, -0.1) is 0 Å². The van der Waals surface area contributed by atoms with Gasteiger partial charge in [-0.2, -0.15) is 0 Å². The summed E-state index contributed by atoms with van der Waals surface area (Å²) in [4.78, 5) is 10.1. The van der Waals surface area contributed by atoms with Crippen LogP contribution in [0.1, 0.15) is 248 Å². The van der Waals surface area contributed by atoms with Gasteiger partial charge in [0, 0.05) is 0 Å². The molecule has 0 saturated carbocycles. The number of carbonyl (C=O) groups is 1. The van der Waals surface area contributed by atoms with E-state index in [1.807, 2.05) is 0 Å². The first-order valence-electron chi connectivity index (χ1n) is 26.8. The Morgan fingerprint density at radius 3 is 0.581 bits per heavy atom. The number of aromatic carboxylic acids is 1. The smallest absolute Gasteiger partial charge is 0.0786 e. The number of carboxylic acids is 1. The monoisotopic (exact) mass is 962 g/mol. The summed E-state index contributed by atoms with van der Waals surface area (Å²) in [7, 11) is 0. The lowest BCUT2D eigenvalue weighted by molar-refractivity contribution is -0.929. The Kier molecular flexibility index (Phi) is 58.2. The molecule has 0 spiro atoms. The van der Waals surface area contributed by atoms with Gasteiger partial charge in [-0.05, 0) is 82.6 Å². The second kappa shape index (κ2) is 51.3. The molecule has 0 unspecified atom stereocenters. The van der Waals surface area contributed by atoms with E-state index in [0.29, 0.717) is 0 Å². The first kappa shape index (κ1) is 70.4. The van der Waals surface area contributed by atoms with E-state index in [2.05, 4.69) is 83.1 Å². The fourth-order valence-electron chi connectivity index (χ4n) is 8.51. The van der Waals surface area contributed by atoms with Crippen molar-refractivity contribution in [3.05, 3.63) is 35.9 Å². The van der Waals surface area contributed by atoms with Crippen LogP contribution in [0, 0.1) is 0 Å². The summed E-state index contributed by atoms with van der Waals surface area (Å²) >= 11 is 0. The number of hydrogen-bond acceptors (Lipinski definition) is 2. The van der Waals surface area contributed by atoms with Crippen molar-refractivity contribution in [1.29, 1.82) is 0 Å². The molecule has 0 heterocycles. The predicted molar refractivity (Wildman–Crippen MR) is 269 cm³/mol. The van der Waals surface area contributed by atoms with Crippen molar-refractivity contribution < 1.29 is 52.7 Å². The molecule has 0 aromatic heterocycles. The van der Waals surface area contributed by atoms with E-state index in [9.17, 15) is 9.90 Å². The highest BCUT2D eigenvalue weighted by Gasteiger charge is 2.27. The first-order chi connectivity index (χ1) is 29.0. The van der Waals surface area contributed by atoms with Gasteiger partial charge in [-0.25, -0.2) is 0 Å². The van der Waals surface area contributed by atoms with Crippen molar-refractivity contribution in [2.45, 2.75) is 237 Å². The van der Waals surface area contributed by atoms with Crippen molar-refractivity contribution in [2.75, 3.05) is 78.5 Å². The lowest BCUT2D eigenvalue weighted by Crippen LogP contribution is -3.00. The normalized spacial score (nSPS) is 11.2. The van der Waals surface area contributed by atoms with Crippen molar-refractivity contribution >= 4 is 5.97 Å². The van der Waals surface area contributed by atoms with Crippen molar-refractivity contribution in [1.82, 2.24) is 0 Å². The molecule has 0 saturated heterocycles. The van der Waals surface area contributed by atoms with Gasteiger partial charge in [-0.1, -0.05) is 190 Å². The van der Waals surface area contributed by atoms with Crippen LogP contribution < -0.4 is 34.5 Å². The van der Waals surface area contributed by atoms with Crippen LogP contribution in [-0.2, 0) is 0 Å². The molecule has 0 atom stereocenters. The Labute approximate surface area is 408 Å². The fraction of sp³-hybridized carbons (Fsp3) is 0.873. The average molecular weight is 964 g/mol. The van der Waals surface area contributed by atoms with Gasteiger partial charge >= 0.3 is 0 Å². The number of nitrogens with zero attached hydrogens (tertiary/aromatic N) is 3. The third kappa shape index (κ3) is 39.7. The summed E-state index contributed by atoms with van der Waals surface area (Å²) in [5.74, 6) is -1.13. The number of unbranched alkanes of at least 4 members (excludes halogenated alkanes) is 12. The highest BCUT2D eigenvalue weighted by molar-refractivity contribution is 5.85. The average Bonchev–Trinajstić information content (AvgIpc) is 3.28. The van der Waals surface area contributed by atoms with E-state index < -0.39 is 5.97 Å². The summed E-state index contributed by atoms with van der Waals surface area (Å²) < 4.78 is 4.26. The fourth-order valence-corrected chi connectivity index (χ4v) is 8.51. The molecular weight excluding hydrogens is 850 g/mol. The zero-order chi connectivity index (χ0) is 45.6. The molecule has 0 bridgehead atoms. The molecule has 0 aliphatic rings. The minimum absolute atomic E-state index is 0. The van der Waals surface area contributed by atoms with E-state index in [1.165, 1.54) is 258 Å². The molecule has 0 aliphatic heterocycles. The third-order valence-corrected chi connectivity index (χ3v) is 12.8. The molecule has 7 heteroatoms. The zero-order valence-corrected chi connectivity index (χ0v) is 46.6. The summed E-state index contributed by atoms with van der Waals surface area (Å²) in [6.07, 6.45) is 33.2. The minimum atomic E-state index is -1.13. The molecule has 1 rings (SSSR count). The van der Waals surface area contributed by atoms with Gasteiger partial charge < -0.3 is 52.7 Å². The number of carboxylic acid groups (broad SMARTS) is 1. The van der Waals surface area contributed by atoms with Crippen LogP contribution in [0.2, 0.25) is 0 Å². The number of carbonyl (C=O) groups excluding carboxylic acids is 1. The summed E-state index contributed by atoms with van der Waals surface area (Å²) in [5.41, 5.74) is 0.220. The molecule has 374 valence electrons. The Hall–Kier alpha value is -0.660. The molecule has 0 fully saturated rings. The van der Waals surface area contributed by atoms with Gasteiger partial charge in [0.2, 0.25) is 0 Å². The van der Waals surface area contributed by atoms with Crippen LogP contribution in [0.5, 0.6) is 0 Å². The second-order valence-corrected chi connectivity index (χ2v) is 18.6.